The average Bonchev–Trinajstić information content (AvgIpc) is 2.56. The summed E-state index contributed by atoms with van der Waals surface area (Å²) in [5, 5.41) is 19.5. The van der Waals surface area contributed by atoms with E-state index in [2.05, 4.69) is 4.98 Å². The van der Waals surface area contributed by atoms with E-state index in [9.17, 15) is 18.8 Å². The van der Waals surface area contributed by atoms with Crippen LogP contribution in [0.4, 0.5) is 14.6 Å². The van der Waals surface area contributed by atoms with Crippen LogP contribution in [0.15, 0.2) is 0 Å². The lowest BCUT2D eigenvalue weighted by molar-refractivity contribution is -0.0102. The highest BCUT2D eigenvalue weighted by Gasteiger charge is 2.34. The van der Waals surface area contributed by atoms with Crippen LogP contribution in [0.3, 0.4) is 0 Å². The van der Waals surface area contributed by atoms with Gasteiger partial charge in [-0.1, -0.05) is 11.6 Å². The van der Waals surface area contributed by atoms with Crippen molar-refractivity contribution in [1.29, 1.82) is 0 Å². The zero-order valence-electron chi connectivity index (χ0n) is 12.0. The summed E-state index contributed by atoms with van der Waals surface area (Å²) in [7, 11) is -1.74. The Bertz CT molecular complexity index is 543. The number of aryl methyl sites for hydroxylation is 1. The zero-order chi connectivity index (χ0) is 15.8. The van der Waals surface area contributed by atoms with Gasteiger partial charge in [0, 0.05) is 31.4 Å². The van der Waals surface area contributed by atoms with Crippen LogP contribution in [0.5, 0.6) is 0 Å². The highest BCUT2D eigenvalue weighted by molar-refractivity contribution is 6.61. The molecule has 4 nitrogen and oxygen atoms in total. The molecule has 0 saturated carbocycles. The van der Waals surface area contributed by atoms with Crippen LogP contribution in [0.25, 0.3) is 0 Å². The van der Waals surface area contributed by atoms with Gasteiger partial charge in [0.15, 0.2) is 0 Å². The van der Waals surface area contributed by atoms with Crippen LogP contribution in [-0.4, -0.2) is 41.2 Å². The third-order valence-corrected chi connectivity index (χ3v) is 4.40. The summed E-state index contributed by atoms with van der Waals surface area (Å²) in [4.78, 5) is 5.98. The molecule has 2 N–H and O–H groups in total. The third kappa shape index (κ3) is 3.47. The van der Waals surface area contributed by atoms with Crippen molar-refractivity contribution >= 4 is 30.0 Å². The molecular formula is C13H18BClF2N2O2. The van der Waals surface area contributed by atoms with Crippen LogP contribution >= 0.6 is 11.6 Å². The standard InChI is InChI=1S/C13H18BClF2N2O2/c1-8-10(14(20)21)12(18-9(2)11(8)15)19-6-3-4-13(16,17)5-7-19/h20-21H,3-7H2,1-2H3. The predicted molar refractivity (Wildman–Crippen MR) is 79.6 cm³/mol. The number of aromatic nitrogens is 1. The first-order valence-electron chi connectivity index (χ1n) is 6.88. The predicted octanol–water partition coefficient (Wildman–Crippen LogP) is 1.66. The lowest BCUT2D eigenvalue weighted by Crippen LogP contribution is -2.41. The first kappa shape index (κ1) is 16.5. The van der Waals surface area contributed by atoms with Crippen molar-refractivity contribution in [2.24, 2.45) is 0 Å². The van der Waals surface area contributed by atoms with E-state index in [1.807, 2.05) is 0 Å². The molecule has 2 rings (SSSR count). The molecule has 0 aliphatic carbocycles. The summed E-state index contributed by atoms with van der Waals surface area (Å²) in [6.45, 7) is 3.91. The van der Waals surface area contributed by atoms with Gasteiger partial charge in [-0.15, -0.1) is 0 Å². The van der Waals surface area contributed by atoms with Crippen molar-refractivity contribution in [1.82, 2.24) is 4.98 Å². The summed E-state index contributed by atoms with van der Waals surface area (Å²) >= 11 is 6.09. The van der Waals surface area contributed by atoms with E-state index in [0.717, 1.165) is 0 Å². The van der Waals surface area contributed by atoms with E-state index >= 15 is 0 Å². The molecule has 1 saturated heterocycles. The Balaban J connectivity index is 2.43. The molecule has 0 bridgehead atoms. The summed E-state index contributed by atoms with van der Waals surface area (Å²) in [6.07, 6.45) is -0.0984. The van der Waals surface area contributed by atoms with Gasteiger partial charge in [0.1, 0.15) is 5.82 Å². The molecule has 1 aliphatic rings. The Kier molecular flexibility index (Phi) is 4.75. The third-order valence-electron chi connectivity index (χ3n) is 3.84. The Morgan fingerprint density at radius 3 is 2.52 bits per heavy atom. The van der Waals surface area contributed by atoms with Crippen molar-refractivity contribution in [3.63, 3.8) is 0 Å². The fourth-order valence-corrected chi connectivity index (χ4v) is 2.80. The fraction of sp³-hybridized carbons (Fsp3) is 0.615. The number of halogens is 3. The minimum absolute atomic E-state index is 0.125. The SMILES string of the molecule is Cc1nc(N2CCCC(F)(F)CC2)c(B(O)O)c(C)c1Cl. The van der Waals surface area contributed by atoms with Gasteiger partial charge in [0.2, 0.25) is 5.92 Å². The largest absolute Gasteiger partial charge is 0.492 e. The van der Waals surface area contributed by atoms with Crippen LogP contribution in [0.1, 0.15) is 30.5 Å². The van der Waals surface area contributed by atoms with Crippen molar-refractivity contribution in [3.05, 3.63) is 16.3 Å². The smallest absolute Gasteiger partial charge is 0.423 e. The first-order valence-corrected chi connectivity index (χ1v) is 7.26. The van der Waals surface area contributed by atoms with Gasteiger partial charge in [0.25, 0.3) is 0 Å². The van der Waals surface area contributed by atoms with Crippen molar-refractivity contribution in [2.45, 2.75) is 39.0 Å². The van der Waals surface area contributed by atoms with E-state index in [0.29, 0.717) is 35.1 Å². The van der Waals surface area contributed by atoms with Gasteiger partial charge >= 0.3 is 7.12 Å². The number of hydrogen-bond donors (Lipinski definition) is 2. The normalized spacial score (nSPS) is 18.5. The molecule has 1 aromatic heterocycles. The quantitative estimate of drug-likeness (QED) is 0.814. The van der Waals surface area contributed by atoms with E-state index in [4.69, 9.17) is 11.6 Å². The Morgan fingerprint density at radius 2 is 1.90 bits per heavy atom. The van der Waals surface area contributed by atoms with E-state index in [1.54, 1.807) is 18.7 Å². The molecule has 2 heterocycles. The molecule has 0 amide bonds. The second-order valence-electron chi connectivity index (χ2n) is 5.44. The van der Waals surface area contributed by atoms with Gasteiger partial charge in [0.05, 0.1) is 10.7 Å². The van der Waals surface area contributed by atoms with Gasteiger partial charge < -0.3 is 14.9 Å². The van der Waals surface area contributed by atoms with Crippen LogP contribution in [0.2, 0.25) is 5.02 Å². The average molecular weight is 319 g/mol. The molecule has 0 aromatic carbocycles. The van der Waals surface area contributed by atoms with E-state index in [1.165, 1.54) is 0 Å². The monoisotopic (exact) mass is 318 g/mol. The second kappa shape index (κ2) is 6.06. The van der Waals surface area contributed by atoms with Gasteiger partial charge in [-0.05, 0) is 25.8 Å². The van der Waals surface area contributed by atoms with Crippen molar-refractivity contribution in [3.8, 4) is 0 Å². The Labute approximate surface area is 127 Å². The number of alkyl halides is 2. The van der Waals surface area contributed by atoms with Gasteiger partial charge in [-0.2, -0.15) is 0 Å². The highest BCUT2D eigenvalue weighted by atomic mass is 35.5. The molecule has 1 fully saturated rings. The maximum absolute atomic E-state index is 13.5. The van der Waals surface area contributed by atoms with E-state index < -0.39 is 13.0 Å². The second-order valence-corrected chi connectivity index (χ2v) is 5.82. The van der Waals surface area contributed by atoms with Crippen LogP contribution < -0.4 is 10.4 Å². The maximum Gasteiger partial charge on any atom is 0.492 e. The number of anilines is 1. The summed E-state index contributed by atoms with van der Waals surface area (Å²) < 4.78 is 26.9. The highest BCUT2D eigenvalue weighted by Crippen LogP contribution is 2.30. The zero-order valence-corrected chi connectivity index (χ0v) is 12.8. The molecule has 1 aliphatic heterocycles. The van der Waals surface area contributed by atoms with Crippen molar-refractivity contribution in [2.75, 3.05) is 18.0 Å². The topological polar surface area (TPSA) is 56.6 Å². The minimum atomic E-state index is -2.68. The molecular weight excluding hydrogens is 300 g/mol. The summed E-state index contributed by atoms with van der Waals surface area (Å²) in [6, 6.07) is 0. The minimum Gasteiger partial charge on any atom is -0.423 e. The fourth-order valence-electron chi connectivity index (χ4n) is 2.65. The molecule has 0 atom stereocenters. The number of rotatable bonds is 2. The maximum atomic E-state index is 13.5. The van der Waals surface area contributed by atoms with Crippen LogP contribution in [0, 0.1) is 13.8 Å². The molecule has 0 spiro atoms. The molecule has 0 unspecified atom stereocenters. The number of nitrogens with zero attached hydrogens (tertiary/aromatic N) is 2. The number of hydrogen-bond acceptors (Lipinski definition) is 4. The van der Waals surface area contributed by atoms with E-state index in [-0.39, 0.29) is 24.8 Å². The molecule has 0 radical (unpaired) electrons. The first-order chi connectivity index (χ1) is 9.73. The Morgan fingerprint density at radius 1 is 1.24 bits per heavy atom. The lowest BCUT2D eigenvalue weighted by atomic mass is 9.77. The molecule has 1 aromatic rings. The summed E-state index contributed by atoms with van der Waals surface area (Å²) in [5.41, 5.74) is 1.26. The number of pyridine rings is 1. The molecule has 8 heteroatoms. The van der Waals surface area contributed by atoms with Crippen molar-refractivity contribution < 1.29 is 18.8 Å². The molecule has 116 valence electrons. The van der Waals surface area contributed by atoms with Crippen LogP contribution in [-0.2, 0) is 0 Å². The Hall–Kier alpha value is -0.915. The lowest BCUT2D eigenvalue weighted by Gasteiger charge is -2.26. The molecule has 21 heavy (non-hydrogen) atoms. The van der Waals surface area contributed by atoms with Gasteiger partial charge in [-0.25, -0.2) is 13.8 Å². The summed E-state index contributed by atoms with van der Waals surface area (Å²) in [5.74, 6) is -2.34. The van der Waals surface area contributed by atoms with Gasteiger partial charge in [-0.3, -0.25) is 0 Å².